The Morgan fingerprint density at radius 3 is 2.93 bits per heavy atom. The number of hydrogen-bond acceptors (Lipinski definition) is 2. The van der Waals surface area contributed by atoms with Crippen LogP contribution in [-0.2, 0) is 13.0 Å². The number of hydrogen-bond donors (Lipinski definition) is 1. The van der Waals surface area contributed by atoms with Gasteiger partial charge in [0.1, 0.15) is 5.82 Å². The SMILES string of the molecule is CCc1n[nH]c(=S)n1CC1CCCC1C. The summed E-state index contributed by atoms with van der Waals surface area (Å²) in [6.07, 6.45) is 5.04. The van der Waals surface area contributed by atoms with Gasteiger partial charge in [0.15, 0.2) is 4.77 Å². The molecule has 1 aromatic rings. The molecule has 4 heteroatoms. The molecule has 0 aromatic carbocycles. The van der Waals surface area contributed by atoms with E-state index in [-0.39, 0.29) is 0 Å². The number of rotatable bonds is 3. The van der Waals surface area contributed by atoms with Gasteiger partial charge in [0.2, 0.25) is 0 Å². The van der Waals surface area contributed by atoms with E-state index in [1.807, 2.05) is 0 Å². The lowest BCUT2D eigenvalue weighted by atomic mass is 9.98. The van der Waals surface area contributed by atoms with Gasteiger partial charge >= 0.3 is 0 Å². The van der Waals surface area contributed by atoms with Gasteiger partial charge in [0, 0.05) is 13.0 Å². The highest BCUT2D eigenvalue weighted by Gasteiger charge is 2.24. The highest BCUT2D eigenvalue weighted by molar-refractivity contribution is 7.71. The maximum Gasteiger partial charge on any atom is 0.195 e. The minimum atomic E-state index is 0.783. The zero-order valence-corrected chi connectivity index (χ0v) is 10.3. The molecule has 2 atom stereocenters. The van der Waals surface area contributed by atoms with Gasteiger partial charge in [-0.15, -0.1) is 0 Å². The quantitative estimate of drug-likeness (QED) is 0.802. The third kappa shape index (κ3) is 2.14. The van der Waals surface area contributed by atoms with Crippen LogP contribution in [-0.4, -0.2) is 14.8 Å². The minimum absolute atomic E-state index is 0.783. The van der Waals surface area contributed by atoms with E-state index in [1.54, 1.807) is 0 Å². The number of aromatic nitrogens is 3. The third-order valence-electron chi connectivity index (χ3n) is 3.61. The molecule has 1 fully saturated rings. The summed E-state index contributed by atoms with van der Waals surface area (Å²) in [6.45, 7) is 5.53. The fourth-order valence-electron chi connectivity index (χ4n) is 2.54. The Morgan fingerprint density at radius 1 is 1.53 bits per heavy atom. The Hall–Kier alpha value is -0.640. The molecule has 84 valence electrons. The van der Waals surface area contributed by atoms with Crippen molar-refractivity contribution in [3.8, 4) is 0 Å². The first-order chi connectivity index (χ1) is 7.22. The van der Waals surface area contributed by atoms with E-state index in [9.17, 15) is 0 Å². The Balaban J connectivity index is 2.15. The number of H-pyrrole nitrogens is 1. The highest BCUT2D eigenvalue weighted by Crippen LogP contribution is 2.32. The van der Waals surface area contributed by atoms with Crippen molar-refractivity contribution in [1.82, 2.24) is 14.8 Å². The van der Waals surface area contributed by atoms with Gasteiger partial charge < -0.3 is 4.57 Å². The predicted octanol–water partition coefficient (Wildman–Crippen LogP) is 2.94. The summed E-state index contributed by atoms with van der Waals surface area (Å²) < 4.78 is 2.97. The first-order valence-electron chi connectivity index (χ1n) is 5.86. The Kier molecular flexibility index (Phi) is 3.24. The Morgan fingerprint density at radius 2 is 2.33 bits per heavy atom. The largest absolute Gasteiger partial charge is 0.304 e. The number of aromatic amines is 1. The lowest BCUT2D eigenvalue weighted by Gasteiger charge is -2.16. The summed E-state index contributed by atoms with van der Waals surface area (Å²) in [5.74, 6) is 2.73. The average Bonchev–Trinajstić information content (AvgIpc) is 2.77. The van der Waals surface area contributed by atoms with Crippen LogP contribution in [0.3, 0.4) is 0 Å². The molecule has 15 heavy (non-hydrogen) atoms. The predicted molar refractivity (Wildman–Crippen MR) is 63.3 cm³/mol. The molecule has 0 saturated heterocycles. The van der Waals surface area contributed by atoms with Crippen LogP contribution in [0.25, 0.3) is 0 Å². The fourth-order valence-corrected chi connectivity index (χ4v) is 2.76. The molecule has 1 heterocycles. The highest BCUT2D eigenvalue weighted by atomic mass is 32.1. The second-order valence-electron chi connectivity index (χ2n) is 4.58. The van der Waals surface area contributed by atoms with E-state index < -0.39 is 0 Å². The van der Waals surface area contributed by atoms with Crippen molar-refractivity contribution < 1.29 is 0 Å². The van der Waals surface area contributed by atoms with Crippen LogP contribution in [0.2, 0.25) is 0 Å². The van der Waals surface area contributed by atoms with Crippen LogP contribution in [0.15, 0.2) is 0 Å². The molecular weight excluding hydrogens is 206 g/mol. The van der Waals surface area contributed by atoms with Gasteiger partial charge in [-0.25, -0.2) is 0 Å². The van der Waals surface area contributed by atoms with Crippen molar-refractivity contribution >= 4 is 12.2 Å². The molecule has 0 amide bonds. The van der Waals surface area contributed by atoms with Gasteiger partial charge in [-0.3, -0.25) is 5.10 Å². The first kappa shape index (κ1) is 10.9. The smallest absolute Gasteiger partial charge is 0.195 e. The van der Waals surface area contributed by atoms with Gasteiger partial charge in [-0.2, -0.15) is 5.10 Å². The summed E-state index contributed by atoms with van der Waals surface area (Å²) in [6, 6.07) is 0. The van der Waals surface area contributed by atoms with E-state index in [4.69, 9.17) is 12.2 Å². The van der Waals surface area contributed by atoms with Crippen LogP contribution in [0.4, 0.5) is 0 Å². The zero-order valence-electron chi connectivity index (χ0n) is 9.49. The fraction of sp³-hybridized carbons (Fsp3) is 0.818. The van der Waals surface area contributed by atoms with Crippen LogP contribution in [0, 0.1) is 16.6 Å². The minimum Gasteiger partial charge on any atom is -0.304 e. The molecule has 0 aliphatic heterocycles. The van der Waals surface area contributed by atoms with Gasteiger partial charge in [-0.05, 0) is 30.5 Å². The maximum absolute atomic E-state index is 5.26. The number of aryl methyl sites for hydroxylation is 1. The van der Waals surface area contributed by atoms with E-state index in [0.717, 1.165) is 35.4 Å². The van der Waals surface area contributed by atoms with Crippen LogP contribution < -0.4 is 0 Å². The summed E-state index contributed by atoms with van der Waals surface area (Å²) in [5.41, 5.74) is 0. The Labute approximate surface area is 95.9 Å². The number of nitrogens with one attached hydrogen (secondary N) is 1. The normalized spacial score (nSPS) is 26.0. The van der Waals surface area contributed by atoms with Crippen molar-refractivity contribution in [2.75, 3.05) is 0 Å². The zero-order chi connectivity index (χ0) is 10.8. The second kappa shape index (κ2) is 4.47. The maximum atomic E-state index is 5.26. The van der Waals surface area contributed by atoms with E-state index in [1.165, 1.54) is 19.3 Å². The lowest BCUT2D eigenvalue weighted by molar-refractivity contribution is 0.357. The van der Waals surface area contributed by atoms with Gasteiger partial charge in [0.05, 0.1) is 0 Å². The van der Waals surface area contributed by atoms with Gasteiger partial charge in [-0.1, -0.05) is 26.7 Å². The molecular formula is C11H19N3S. The molecule has 2 unspecified atom stereocenters. The van der Waals surface area contributed by atoms with E-state index >= 15 is 0 Å². The molecule has 1 N–H and O–H groups in total. The summed E-state index contributed by atoms with van der Waals surface area (Å²) in [4.78, 5) is 0. The summed E-state index contributed by atoms with van der Waals surface area (Å²) in [5, 5.41) is 7.14. The lowest BCUT2D eigenvalue weighted by Crippen LogP contribution is -2.15. The average molecular weight is 225 g/mol. The van der Waals surface area contributed by atoms with Crippen molar-refractivity contribution in [2.45, 2.75) is 46.1 Å². The van der Waals surface area contributed by atoms with E-state index in [0.29, 0.717) is 0 Å². The van der Waals surface area contributed by atoms with Gasteiger partial charge in [0.25, 0.3) is 0 Å². The van der Waals surface area contributed by atoms with Crippen LogP contribution in [0.5, 0.6) is 0 Å². The molecule has 1 aliphatic carbocycles. The molecule has 0 bridgehead atoms. The van der Waals surface area contributed by atoms with Crippen molar-refractivity contribution in [3.05, 3.63) is 10.6 Å². The van der Waals surface area contributed by atoms with Crippen molar-refractivity contribution in [3.63, 3.8) is 0 Å². The van der Waals surface area contributed by atoms with Crippen molar-refractivity contribution in [2.24, 2.45) is 11.8 Å². The van der Waals surface area contributed by atoms with Crippen LogP contribution in [0.1, 0.15) is 38.9 Å². The van der Waals surface area contributed by atoms with Crippen molar-refractivity contribution in [1.29, 1.82) is 0 Å². The molecule has 3 nitrogen and oxygen atoms in total. The molecule has 1 aromatic heterocycles. The monoisotopic (exact) mass is 225 g/mol. The first-order valence-corrected chi connectivity index (χ1v) is 6.27. The summed E-state index contributed by atoms with van der Waals surface area (Å²) in [7, 11) is 0. The molecule has 0 radical (unpaired) electrons. The topological polar surface area (TPSA) is 33.6 Å². The van der Waals surface area contributed by atoms with E-state index in [2.05, 4.69) is 28.6 Å². The second-order valence-corrected chi connectivity index (χ2v) is 4.96. The standard InChI is InChI=1S/C11H19N3S/c1-3-10-12-13-11(15)14(10)7-9-6-4-5-8(9)2/h8-9H,3-7H2,1-2H3,(H,13,15). The molecule has 0 spiro atoms. The third-order valence-corrected chi connectivity index (χ3v) is 3.92. The molecule has 1 aliphatic rings. The molecule has 1 saturated carbocycles. The number of nitrogens with zero attached hydrogens (tertiary/aromatic N) is 2. The summed E-state index contributed by atoms with van der Waals surface area (Å²) >= 11 is 5.26. The van der Waals surface area contributed by atoms with Crippen LogP contribution >= 0.6 is 12.2 Å². The molecule has 2 rings (SSSR count). The Bertz CT molecular complexity index is 379.